The maximum atomic E-state index is 12.5. The Balaban J connectivity index is 2.48. The molecule has 0 bridgehead atoms. The maximum absolute atomic E-state index is 12.5. The van der Waals surface area contributed by atoms with Crippen LogP contribution >= 0.6 is 0 Å². The Morgan fingerprint density at radius 3 is 2.46 bits per heavy atom. The van der Waals surface area contributed by atoms with Gasteiger partial charge < -0.3 is 0 Å². The molecule has 1 N–H and O–H groups in total. The number of rotatable bonds is 7. The zero-order valence-corrected chi connectivity index (χ0v) is 14.5. The van der Waals surface area contributed by atoms with Crippen LogP contribution in [0.25, 0.3) is 10.8 Å². The number of hydrazone groups is 1. The second kappa shape index (κ2) is 8.38. The van der Waals surface area contributed by atoms with E-state index in [2.05, 4.69) is 15.6 Å². The zero-order chi connectivity index (χ0) is 17.5. The highest BCUT2D eigenvalue weighted by molar-refractivity contribution is 6.05. The Bertz CT molecular complexity index is 802. The summed E-state index contributed by atoms with van der Waals surface area (Å²) in [6, 6.07) is 7.06. The van der Waals surface area contributed by atoms with Crippen LogP contribution in [0.4, 0.5) is 0 Å². The molecule has 0 aliphatic rings. The number of nitrogens with one attached hydrogen (secondary N) is 1. The third-order valence-electron chi connectivity index (χ3n) is 3.94. The molecular formula is C18H24N4O2. The van der Waals surface area contributed by atoms with E-state index in [0.717, 1.165) is 31.4 Å². The molecule has 6 heteroatoms. The van der Waals surface area contributed by atoms with Gasteiger partial charge in [0, 0.05) is 17.6 Å². The van der Waals surface area contributed by atoms with Crippen molar-refractivity contribution in [2.45, 2.75) is 53.0 Å². The number of hydrogen-bond acceptors (Lipinski definition) is 4. The van der Waals surface area contributed by atoms with E-state index in [0.29, 0.717) is 17.3 Å². The molecule has 1 amide bonds. The van der Waals surface area contributed by atoms with Crippen LogP contribution in [-0.2, 0) is 6.54 Å². The van der Waals surface area contributed by atoms with E-state index in [4.69, 9.17) is 0 Å². The smallest absolute Gasteiger partial charge is 0.267 e. The van der Waals surface area contributed by atoms with E-state index in [1.54, 1.807) is 24.3 Å². The minimum absolute atomic E-state index is 0.165. The summed E-state index contributed by atoms with van der Waals surface area (Å²) < 4.78 is 1.38. The summed E-state index contributed by atoms with van der Waals surface area (Å²) in [5.74, 6) is -0.393. The highest BCUT2D eigenvalue weighted by Crippen LogP contribution is 2.13. The van der Waals surface area contributed by atoms with Crippen LogP contribution in [0.2, 0.25) is 0 Å². The van der Waals surface area contributed by atoms with Gasteiger partial charge in [-0.1, -0.05) is 45.4 Å². The van der Waals surface area contributed by atoms with E-state index < -0.39 is 5.91 Å². The van der Waals surface area contributed by atoms with Gasteiger partial charge in [-0.05, 0) is 25.3 Å². The molecule has 128 valence electrons. The average Bonchev–Trinajstić information content (AvgIpc) is 2.62. The van der Waals surface area contributed by atoms with Gasteiger partial charge in [0.2, 0.25) is 0 Å². The molecule has 1 aromatic heterocycles. The van der Waals surface area contributed by atoms with Gasteiger partial charge in [0.25, 0.3) is 11.5 Å². The van der Waals surface area contributed by atoms with Crippen molar-refractivity contribution in [2.75, 3.05) is 0 Å². The first kappa shape index (κ1) is 17.8. The summed E-state index contributed by atoms with van der Waals surface area (Å²) in [7, 11) is 0. The van der Waals surface area contributed by atoms with Crippen LogP contribution < -0.4 is 11.0 Å². The van der Waals surface area contributed by atoms with Crippen LogP contribution in [0.1, 0.15) is 56.9 Å². The monoisotopic (exact) mass is 328 g/mol. The third-order valence-corrected chi connectivity index (χ3v) is 3.94. The van der Waals surface area contributed by atoms with Gasteiger partial charge in [-0.3, -0.25) is 9.59 Å². The molecule has 0 unspecified atom stereocenters. The number of fused-ring (bicyclic) bond motifs is 1. The lowest BCUT2D eigenvalue weighted by atomic mass is 10.1. The van der Waals surface area contributed by atoms with E-state index in [9.17, 15) is 9.59 Å². The number of aryl methyl sites for hydroxylation is 1. The molecule has 0 radical (unpaired) electrons. The van der Waals surface area contributed by atoms with Gasteiger partial charge in [0.05, 0.1) is 5.39 Å². The second-order valence-corrected chi connectivity index (χ2v) is 5.60. The van der Waals surface area contributed by atoms with Gasteiger partial charge in [-0.2, -0.15) is 10.2 Å². The van der Waals surface area contributed by atoms with Gasteiger partial charge in [-0.25, -0.2) is 10.1 Å². The predicted molar refractivity (Wildman–Crippen MR) is 96.4 cm³/mol. The zero-order valence-electron chi connectivity index (χ0n) is 14.5. The van der Waals surface area contributed by atoms with Crippen molar-refractivity contribution in [3.63, 3.8) is 0 Å². The lowest BCUT2D eigenvalue weighted by Crippen LogP contribution is -2.29. The van der Waals surface area contributed by atoms with Gasteiger partial charge in [-0.15, -0.1) is 0 Å². The molecule has 0 aliphatic heterocycles. The van der Waals surface area contributed by atoms with Crippen LogP contribution in [-0.4, -0.2) is 21.4 Å². The third kappa shape index (κ3) is 3.88. The van der Waals surface area contributed by atoms with E-state index >= 15 is 0 Å². The number of unbranched alkanes of at least 4 members (excludes halogenated alkanes) is 1. The normalized spacial score (nSPS) is 10.6. The summed E-state index contributed by atoms with van der Waals surface area (Å²) in [4.78, 5) is 25.0. The number of carbonyl (C=O) groups excluding carboxylic acids is 1. The van der Waals surface area contributed by atoms with Crippen molar-refractivity contribution in [2.24, 2.45) is 5.10 Å². The summed E-state index contributed by atoms with van der Waals surface area (Å²) in [5.41, 5.74) is 3.54. The Kier molecular flexibility index (Phi) is 6.23. The van der Waals surface area contributed by atoms with Crippen molar-refractivity contribution < 1.29 is 4.79 Å². The molecule has 2 rings (SSSR count). The van der Waals surface area contributed by atoms with Crippen LogP contribution in [0.15, 0.2) is 34.2 Å². The second-order valence-electron chi connectivity index (χ2n) is 5.60. The van der Waals surface area contributed by atoms with E-state index in [-0.39, 0.29) is 11.3 Å². The Labute approximate surface area is 141 Å². The highest BCUT2D eigenvalue weighted by atomic mass is 16.2. The Morgan fingerprint density at radius 1 is 1.17 bits per heavy atom. The topological polar surface area (TPSA) is 76.3 Å². The molecule has 1 aromatic carbocycles. The number of aromatic nitrogens is 2. The molecule has 0 spiro atoms. The Hall–Kier alpha value is -2.50. The Morgan fingerprint density at radius 2 is 1.83 bits per heavy atom. The van der Waals surface area contributed by atoms with Gasteiger partial charge in [0.15, 0.2) is 5.69 Å². The number of amides is 1. The largest absolute Gasteiger partial charge is 0.292 e. The van der Waals surface area contributed by atoms with Crippen LogP contribution in [0.5, 0.6) is 0 Å². The fourth-order valence-corrected chi connectivity index (χ4v) is 2.45. The standard InChI is InChI=1S/C18H24N4O2/c1-4-7-12-22-18(24)15-11-9-8-10-14(15)16(21-22)17(23)20-19-13(5-2)6-3/h8-11H,4-7,12H2,1-3H3,(H,20,23). The summed E-state index contributed by atoms with van der Waals surface area (Å²) in [6.07, 6.45) is 3.34. The average molecular weight is 328 g/mol. The molecule has 0 saturated carbocycles. The lowest BCUT2D eigenvalue weighted by molar-refractivity contribution is 0.0949. The molecular weight excluding hydrogens is 304 g/mol. The number of nitrogens with zero attached hydrogens (tertiary/aromatic N) is 3. The highest BCUT2D eigenvalue weighted by Gasteiger charge is 2.16. The maximum Gasteiger partial charge on any atom is 0.292 e. The molecule has 0 fully saturated rings. The van der Waals surface area contributed by atoms with E-state index in [1.807, 2.05) is 20.8 Å². The van der Waals surface area contributed by atoms with Gasteiger partial charge >= 0.3 is 0 Å². The summed E-state index contributed by atoms with van der Waals surface area (Å²) >= 11 is 0. The van der Waals surface area contributed by atoms with Crippen LogP contribution in [0, 0.1) is 0 Å². The van der Waals surface area contributed by atoms with Crippen molar-refractivity contribution >= 4 is 22.4 Å². The number of benzene rings is 1. The quantitative estimate of drug-likeness (QED) is 0.627. The number of hydrogen-bond donors (Lipinski definition) is 1. The molecule has 0 atom stereocenters. The van der Waals surface area contributed by atoms with Crippen molar-refractivity contribution in [3.8, 4) is 0 Å². The lowest BCUT2D eigenvalue weighted by Gasteiger charge is -2.10. The fourth-order valence-electron chi connectivity index (χ4n) is 2.45. The molecule has 24 heavy (non-hydrogen) atoms. The predicted octanol–water partition coefficient (Wildman–Crippen LogP) is 3.10. The fraction of sp³-hybridized carbons (Fsp3) is 0.444. The number of carbonyl (C=O) groups is 1. The van der Waals surface area contributed by atoms with Crippen molar-refractivity contribution in [3.05, 3.63) is 40.3 Å². The van der Waals surface area contributed by atoms with Crippen molar-refractivity contribution in [1.29, 1.82) is 0 Å². The first-order valence-electron chi connectivity index (χ1n) is 8.47. The summed E-state index contributed by atoms with van der Waals surface area (Å²) in [5, 5.41) is 9.50. The van der Waals surface area contributed by atoms with Crippen molar-refractivity contribution in [1.82, 2.24) is 15.2 Å². The first-order valence-corrected chi connectivity index (χ1v) is 8.47. The minimum Gasteiger partial charge on any atom is -0.267 e. The van der Waals surface area contributed by atoms with E-state index in [1.165, 1.54) is 4.68 Å². The molecule has 6 nitrogen and oxygen atoms in total. The molecule has 0 saturated heterocycles. The van der Waals surface area contributed by atoms with Crippen LogP contribution in [0.3, 0.4) is 0 Å². The molecule has 2 aromatic rings. The first-order chi connectivity index (χ1) is 11.6. The van der Waals surface area contributed by atoms with Gasteiger partial charge in [0.1, 0.15) is 0 Å². The molecule has 0 aliphatic carbocycles. The molecule has 1 heterocycles. The minimum atomic E-state index is -0.393. The summed E-state index contributed by atoms with van der Waals surface area (Å²) in [6.45, 7) is 6.53. The SMILES string of the molecule is CCCCn1nc(C(=O)NN=C(CC)CC)c2ccccc2c1=O.